The molecule has 2 aromatic rings. The molecule has 5 aliphatic rings. The van der Waals surface area contributed by atoms with E-state index in [9.17, 15) is 9.32 Å². The lowest BCUT2D eigenvalue weighted by molar-refractivity contribution is 0.143. The highest BCUT2D eigenvalue weighted by Crippen LogP contribution is 2.44. The van der Waals surface area contributed by atoms with E-state index in [1.165, 1.54) is 35.1 Å². The summed E-state index contributed by atoms with van der Waals surface area (Å²) in [4.78, 5) is 12.9. The van der Waals surface area contributed by atoms with Gasteiger partial charge in [0.2, 0.25) is 5.95 Å². The smallest absolute Gasteiger partial charge is 0.227 e. The Hall–Kier alpha value is -2.25. The first-order valence-corrected chi connectivity index (χ1v) is 13.7. The molecular formula is C26H30N4O2S. The lowest BCUT2D eigenvalue weighted by Crippen LogP contribution is -2.48. The van der Waals surface area contributed by atoms with Crippen molar-refractivity contribution < 1.29 is 9.32 Å². The van der Waals surface area contributed by atoms with E-state index >= 15 is 0 Å². The zero-order valence-electron chi connectivity index (χ0n) is 18.8. The molecule has 0 unspecified atom stereocenters. The third kappa shape index (κ3) is 3.19. The zero-order chi connectivity index (χ0) is 22.2. The van der Waals surface area contributed by atoms with Crippen LogP contribution in [0.15, 0.2) is 29.2 Å². The predicted octanol–water partition coefficient (Wildman–Crippen LogP) is 3.11. The van der Waals surface area contributed by atoms with Gasteiger partial charge in [-0.25, -0.2) is 4.98 Å². The van der Waals surface area contributed by atoms with Gasteiger partial charge in [0, 0.05) is 25.3 Å². The summed E-state index contributed by atoms with van der Waals surface area (Å²) in [6.45, 7) is 1.98. The first kappa shape index (κ1) is 20.2. The molecule has 0 spiro atoms. The Labute approximate surface area is 197 Å². The number of aliphatic hydroxyl groups excluding tert-OH is 1. The predicted molar refractivity (Wildman–Crippen MR) is 130 cm³/mol. The molecule has 0 amide bonds. The van der Waals surface area contributed by atoms with Crippen LogP contribution in [0.4, 0.5) is 11.8 Å². The number of anilines is 2. The molecule has 2 fully saturated rings. The summed E-state index contributed by atoms with van der Waals surface area (Å²) in [7, 11) is -1.06. The summed E-state index contributed by atoms with van der Waals surface area (Å²) in [5.41, 5.74) is 6.57. The standard InChI is InChI=1S/C26H30N4O2S/c31-15-26(7-1-8-26)29-24-23-22(6-9-33(23)32)27-25(28-24)30-13-20-11-19(12-21(20)14-30)18-5-3-16-2-4-17(16)10-18/h3,5,10-11,20-21,31H,1-2,4,6-9,12-15H2,(H,27,28,29)/t20-,21+,33-/m1/s1. The van der Waals surface area contributed by atoms with Gasteiger partial charge in [-0.15, -0.1) is 0 Å². The van der Waals surface area contributed by atoms with Gasteiger partial charge in [-0.3, -0.25) is 4.21 Å². The van der Waals surface area contributed by atoms with Crippen molar-refractivity contribution in [2.24, 2.45) is 11.8 Å². The average molecular weight is 463 g/mol. The van der Waals surface area contributed by atoms with Gasteiger partial charge in [0.25, 0.3) is 0 Å². The number of aliphatic hydroxyl groups is 1. The summed E-state index contributed by atoms with van der Waals surface area (Å²) in [6.07, 6.45) is 9.76. The van der Waals surface area contributed by atoms with Crippen LogP contribution in [0.2, 0.25) is 0 Å². The number of nitrogens with zero attached hydrogens (tertiary/aromatic N) is 3. The number of aryl methyl sites for hydroxylation is 3. The second-order valence-corrected chi connectivity index (χ2v) is 12.1. The van der Waals surface area contributed by atoms with Gasteiger partial charge >= 0.3 is 0 Å². The van der Waals surface area contributed by atoms with Gasteiger partial charge in [0.15, 0.2) is 0 Å². The van der Waals surface area contributed by atoms with E-state index in [4.69, 9.17) is 9.97 Å². The maximum atomic E-state index is 12.7. The molecule has 2 aliphatic heterocycles. The molecule has 1 aromatic heterocycles. The van der Waals surface area contributed by atoms with Crippen LogP contribution >= 0.6 is 0 Å². The van der Waals surface area contributed by atoms with Crippen LogP contribution in [0.5, 0.6) is 0 Å². The maximum Gasteiger partial charge on any atom is 0.227 e. The van der Waals surface area contributed by atoms with Crippen molar-refractivity contribution in [1.82, 2.24) is 9.97 Å². The maximum absolute atomic E-state index is 12.7. The summed E-state index contributed by atoms with van der Waals surface area (Å²) < 4.78 is 12.7. The second-order valence-electron chi connectivity index (χ2n) is 10.6. The Bertz CT molecular complexity index is 1200. The van der Waals surface area contributed by atoms with Gasteiger partial charge < -0.3 is 15.3 Å². The molecule has 33 heavy (non-hydrogen) atoms. The highest BCUT2D eigenvalue weighted by Gasteiger charge is 2.41. The summed E-state index contributed by atoms with van der Waals surface area (Å²) in [5, 5.41) is 13.5. The highest BCUT2D eigenvalue weighted by molar-refractivity contribution is 7.85. The summed E-state index contributed by atoms with van der Waals surface area (Å²) in [5.74, 6) is 3.20. The number of benzene rings is 1. The lowest BCUT2D eigenvalue weighted by atomic mass is 9.77. The van der Waals surface area contributed by atoms with Gasteiger partial charge in [-0.2, -0.15) is 4.98 Å². The number of allylic oxidation sites excluding steroid dienone is 1. The van der Waals surface area contributed by atoms with Crippen molar-refractivity contribution in [1.29, 1.82) is 0 Å². The van der Waals surface area contributed by atoms with Gasteiger partial charge in [0.1, 0.15) is 10.7 Å². The quantitative estimate of drug-likeness (QED) is 0.711. The van der Waals surface area contributed by atoms with Crippen LogP contribution in [0.25, 0.3) is 5.57 Å². The van der Waals surface area contributed by atoms with Crippen molar-refractivity contribution in [3.63, 3.8) is 0 Å². The first-order chi connectivity index (χ1) is 16.1. The van der Waals surface area contributed by atoms with Crippen molar-refractivity contribution in [3.8, 4) is 0 Å². The normalized spacial score (nSPS) is 28.5. The minimum absolute atomic E-state index is 0.0812. The van der Waals surface area contributed by atoms with Crippen LogP contribution in [0.3, 0.4) is 0 Å². The minimum atomic E-state index is -1.06. The van der Waals surface area contributed by atoms with Crippen molar-refractivity contribution in [3.05, 3.63) is 46.7 Å². The van der Waals surface area contributed by atoms with Crippen molar-refractivity contribution in [2.45, 2.75) is 55.4 Å². The molecule has 6 nitrogen and oxygen atoms in total. The molecule has 2 N–H and O–H groups in total. The number of nitrogens with one attached hydrogen (secondary N) is 1. The van der Waals surface area contributed by atoms with E-state index in [0.29, 0.717) is 23.4 Å². The number of hydrogen-bond donors (Lipinski definition) is 2. The number of hydrogen-bond acceptors (Lipinski definition) is 6. The van der Waals surface area contributed by atoms with Crippen LogP contribution in [0.1, 0.15) is 48.1 Å². The number of aromatic nitrogens is 2. The second kappa shape index (κ2) is 7.37. The van der Waals surface area contributed by atoms with Crippen LogP contribution in [-0.4, -0.2) is 50.3 Å². The average Bonchev–Trinajstić information content (AvgIpc) is 3.45. The fourth-order valence-electron chi connectivity index (χ4n) is 6.27. The highest BCUT2D eigenvalue weighted by atomic mass is 32.2. The van der Waals surface area contributed by atoms with Gasteiger partial charge in [-0.05, 0) is 72.6 Å². The van der Waals surface area contributed by atoms with E-state index in [-0.39, 0.29) is 12.1 Å². The number of rotatable bonds is 5. The Morgan fingerprint density at radius 1 is 1.15 bits per heavy atom. The molecule has 0 bridgehead atoms. The van der Waals surface area contributed by atoms with Gasteiger partial charge in [0.05, 0.1) is 28.6 Å². The van der Waals surface area contributed by atoms with E-state index in [1.54, 1.807) is 0 Å². The van der Waals surface area contributed by atoms with Crippen LogP contribution in [-0.2, 0) is 30.1 Å². The summed E-state index contributed by atoms with van der Waals surface area (Å²) >= 11 is 0. The molecule has 3 atom stereocenters. The molecule has 1 saturated carbocycles. The van der Waals surface area contributed by atoms with Crippen LogP contribution < -0.4 is 10.2 Å². The number of fused-ring (bicyclic) bond motifs is 3. The molecule has 7 rings (SSSR count). The molecule has 3 heterocycles. The third-order valence-electron chi connectivity index (χ3n) is 8.59. The minimum Gasteiger partial charge on any atom is -0.394 e. The monoisotopic (exact) mass is 462 g/mol. The fraction of sp³-hybridized carbons (Fsp3) is 0.538. The molecule has 1 aromatic carbocycles. The molecule has 172 valence electrons. The Morgan fingerprint density at radius 2 is 2.03 bits per heavy atom. The Kier molecular flexibility index (Phi) is 4.50. The first-order valence-electron chi connectivity index (χ1n) is 12.4. The van der Waals surface area contributed by atoms with Gasteiger partial charge in [-0.1, -0.05) is 24.3 Å². The van der Waals surface area contributed by atoms with E-state index in [1.807, 2.05) is 0 Å². The van der Waals surface area contributed by atoms with Crippen molar-refractivity contribution in [2.75, 3.05) is 35.7 Å². The molecule has 0 radical (unpaired) electrons. The summed E-state index contributed by atoms with van der Waals surface area (Å²) in [6, 6.07) is 7.03. The largest absolute Gasteiger partial charge is 0.394 e. The fourth-order valence-corrected chi connectivity index (χ4v) is 7.58. The van der Waals surface area contributed by atoms with E-state index in [0.717, 1.165) is 61.7 Å². The lowest BCUT2D eigenvalue weighted by Gasteiger charge is -2.41. The SMILES string of the molecule is O=[S@@]1CCc2nc(N3C[C@@H]4CC(c5ccc6c(c5)CC6)=C[C@@H]4C3)nc(NC3(CO)CCC3)c21. The Balaban J connectivity index is 1.15. The molecule has 1 saturated heterocycles. The van der Waals surface area contributed by atoms with Crippen molar-refractivity contribution >= 4 is 28.1 Å². The topological polar surface area (TPSA) is 78.4 Å². The molecular weight excluding hydrogens is 432 g/mol. The molecule has 3 aliphatic carbocycles. The molecule has 7 heteroatoms. The Morgan fingerprint density at radius 3 is 2.73 bits per heavy atom. The van der Waals surface area contributed by atoms with Crippen LogP contribution in [0, 0.1) is 11.8 Å². The van der Waals surface area contributed by atoms with E-state index < -0.39 is 10.8 Å². The van der Waals surface area contributed by atoms with E-state index in [2.05, 4.69) is 34.5 Å². The third-order valence-corrected chi connectivity index (χ3v) is 10.0. The zero-order valence-corrected chi connectivity index (χ0v) is 19.7.